The lowest BCUT2D eigenvalue weighted by atomic mass is 10.1. The first kappa shape index (κ1) is 9.02. The fourth-order valence-corrected chi connectivity index (χ4v) is 1.59. The van der Waals surface area contributed by atoms with Gasteiger partial charge in [0, 0.05) is 18.8 Å². The average Bonchev–Trinajstić information content (AvgIpc) is 2.80. The first-order valence-corrected chi connectivity index (χ1v) is 4.50. The van der Waals surface area contributed by atoms with Crippen molar-refractivity contribution >= 4 is 0 Å². The van der Waals surface area contributed by atoms with Crippen molar-refractivity contribution in [2.45, 2.75) is 6.04 Å². The molecular formula is C10H13N3O. The van der Waals surface area contributed by atoms with Gasteiger partial charge in [-0.15, -0.1) is 0 Å². The minimum Gasteiger partial charge on any atom is -0.472 e. The number of hydrogen-bond donors (Lipinski definition) is 1. The molecule has 74 valence electrons. The lowest BCUT2D eigenvalue weighted by Gasteiger charge is -2.14. The van der Waals surface area contributed by atoms with Crippen molar-refractivity contribution in [3.05, 3.63) is 42.1 Å². The Labute approximate surface area is 82.5 Å². The summed E-state index contributed by atoms with van der Waals surface area (Å²) in [7, 11) is 3.85. The fraction of sp³-hybridized carbons (Fsp3) is 0.300. The third kappa shape index (κ3) is 1.44. The first-order valence-electron chi connectivity index (χ1n) is 4.50. The zero-order valence-corrected chi connectivity index (χ0v) is 8.27. The van der Waals surface area contributed by atoms with E-state index in [4.69, 9.17) is 4.42 Å². The van der Waals surface area contributed by atoms with Gasteiger partial charge >= 0.3 is 0 Å². The molecule has 0 aromatic carbocycles. The van der Waals surface area contributed by atoms with Crippen LogP contribution in [0.5, 0.6) is 0 Å². The maximum absolute atomic E-state index is 5.07. The van der Waals surface area contributed by atoms with Crippen molar-refractivity contribution in [2.75, 3.05) is 7.05 Å². The Bertz CT molecular complexity index is 391. The summed E-state index contributed by atoms with van der Waals surface area (Å²) in [5.41, 5.74) is 2.23. The summed E-state index contributed by atoms with van der Waals surface area (Å²) in [6, 6.07) is 4.09. The molecule has 0 radical (unpaired) electrons. The summed E-state index contributed by atoms with van der Waals surface area (Å²) >= 11 is 0. The second-order valence-electron chi connectivity index (χ2n) is 3.16. The largest absolute Gasteiger partial charge is 0.472 e. The molecule has 0 amide bonds. The number of aromatic nitrogens is 2. The van der Waals surface area contributed by atoms with Crippen LogP contribution in [0.3, 0.4) is 0 Å². The van der Waals surface area contributed by atoms with E-state index in [-0.39, 0.29) is 6.04 Å². The van der Waals surface area contributed by atoms with E-state index in [0.717, 1.165) is 11.3 Å². The van der Waals surface area contributed by atoms with Gasteiger partial charge in [0.15, 0.2) is 0 Å². The van der Waals surface area contributed by atoms with Gasteiger partial charge in [-0.05, 0) is 19.2 Å². The fourth-order valence-electron chi connectivity index (χ4n) is 1.59. The Kier molecular flexibility index (Phi) is 2.37. The molecule has 1 unspecified atom stereocenters. The van der Waals surface area contributed by atoms with Crippen molar-refractivity contribution in [3.63, 3.8) is 0 Å². The van der Waals surface area contributed by atoms with Crippen LogP contribution in [0, 0.1) is 0 Å². The molecule has 2 aromatic heterocycles. The molecular weight excluding hydrogens is 178 g/mol. The Morgan fingerprint density at radius 2 is 2.36 bits per heavy atom. The molecule has 0 aliphatic heterocycles. The molecule has 0 aliphatic rings. The Morgan fingerprint density at radius 3 is 2.86 bits per heavy atom. The maximum Gasteiger partial charge on any atom is 0.0954 e. The van der Waals surface area contributed by atoms with Gasteiger partial charge in [0.2, 0.25) is 0 Å². The van der Waals surface area contributed by atoms with Crippen molar-refractivity contribution in [1.29, 1.82) is 0 Å². The monoisotopic (exact) mass is 191 g/mol. The number of hydrogen-bond acceptors (Lipinski definition) is 3. The molecule has 0 fully saturated rings. The summed E-state index contributed by atoms with van der Waals surface area (Å²) < 4.78 is 6.92. The lowest BCUT2D eigenvalue weighted by molar-refractivity contribution is 0.550. The van der Waals surface area contributed by atoms with Gasteiger partial charge in [0.25, 0.3) is 0 Å². The Balaban J connectivity index is 2.36. The minimum atomic E-state index is 0.140. The van der Waals surface area contributed by atoms with E-state index in [2.05, 4.69) is 10.4 Å². The number of nitrogens with one attached hydrogen (secondary N) is 1. The second kappa shape index (κ2) is 3.67. The van der Waals surface area contributed by atoms with Crippen molar-refractivity contribution in [2.24, 2.45) is 7.05 Å². The van der Waals surface area contributed by atoms with Crippen LogP contribution in [0.1, 0.15) is 17.3 Å². The lowest BCUT2D eigenvalue weighted by Crippen LogP contribution is -2.19. The summed E-state index contributed by atoms with van der Waals surface area (Å²) in [5.74, 6) is 0. The van der Waals surface area contributed by atoms with Gasteiger partial charge in [0.1, 0.15) is 0 Å². The van der Waals surface area contributed by atoms with E-state index in [1.165, 1.54) is 0 Å². The van der Waals surface area contributed by atoms with Crippen LogP contribution >= 0.6 is 0 Å². The van der Waals surface area contributed by atoms with E-state index in [1.54, 1.807) is 18.7 Å². The molecule has 2 rings (SSSR count). The summed E-state index contributed by atoms with van der Waals surface area (Å²) in [6.45, 7) is 0. The van der Waals surface area contributed by atoms with Gasteiger partial charge in [0.05, 0.1) is 24.3 Å². The molecule has 2 heterocycles. The number of rotatable bonds is 3. The molecule has 4 heteroatoms. The first-order chi connectivity index (χ1) is 6.83. The third-order valence-electron chi connectivity index (χ3n) is 2.32. The summed E-state index contributed by atoms with van der Waals surface area (Å²) in [4.78, 5) is 0. The van der Waals surface area contributed by atoms with Crippen LogP contribution in [0.25, 0.3) is 0 Å². The van der Waals surface area contributed by atoms with E-state index in [0.29, 0.717) is 0 Å². The van der Waals surface area contributed by atoms with Crippen LogP contribution in [-0.2, 0) is 7.05 Å². The molecule has 1 atom stereocenters. The topological polar surface area (TPSA) is 43.0 Å². The van der Waals surface area contributed by atoms with E-state index in [1.807, 2.05) is 30.9 Å². The molecule has 14 heavy (non-hydrogen) atoms. The number of aryl methyl sites for hydroxylation is 1. The molecule has 0 aliphatic carbocycles. The highest BCUT2D eigenvalue weighted by atomic mass is 16.3. The Morgan fingerprint density at radius 1 is 1.50 bits per heavy atom. The van der Waals surface area contributed by atoms with Gasteiger partial charge in [-0.25, -0.2) is 0 Å². The minimum absolute atomic E-state index is 0.140. The molecule has 2 aromatic rings. The SMILES string of the molecule is CNC(c1ccoc1)c1ccnn1C. The van der Waals surface area contributed by atoms with Crippen LogP contribution in [0.15, 0.2) is 35.3 Å². The highest BCUT2D eigenvalue weighted by Gasteiger charge is 2.15. The summed E-state index contributed by atoms with van der Waals surface area (Å²) in [6.07, 6.45) is 5.21. The highest BCUT2D eigenvalue weighted by molar-refractivity contribution is 5.23. The van der Waals surface area contributed by atoms with Crippen LogP contribution < -0.4 is 5.32 Å². The molecule has 0 bridgehead atoms. The van der Waals surface area contributed by atoms with E-state index in [9.17, 15) is 0 Å². The normalized spacial score (nSPS) is 13.0. The van der Waals surface area contributed by atoms with Gasteiger partial charge in [-0.1, -0.05) is 0 Å². The zero-order valence-electron chi connectivity index (χ0n) is 8.27. The van der Waals surface area contributed by atoms with Crippen LogP contribution in [0.4, 0.5) is 0 Å². The predicted molar refractivity (Wildman–Crippen MR) is 52.8 cm³/mol. The van der Waals surface area contributed by atoms with Crippen LogP contribution in [0.2, 0.25) is 0 Å². The number of nitrogens with zero attached hydrogens (tertiary/aromatic N) is 2. The quantitative estimate of drug-likeness (QED) is 0.795. The Hall–Kier alpha value is -1.55. The molecule has 0 saturated carbocycles. The third-order valence-corrected chi connectivity index (χ3v) is 2.32. The van der Waals surface area contributed by atoms with Crippen molar-refractivity contribution < 1.29 is 4.42 Å². The molecule has 4 nitrogen and oxygen atoms in total. The highest BCUT2D eigenvalue weighted by Crippen LogP contribution is 2.20. The average molecular weight is 191 g/mol. The zero-order chi connectivity index (χ0) is 9.97. The van der Waals surface area contributed by atoms with E-state index < -0.39 is 0 Å². The predicted octanol–water partition coefficient (Wildman–Crippen LogP) is 1.32. The van der Waals surface area contributed by atoms with Crippen LogP contribution in [-0.4, -0.2) is 16.8 Å². The standard InChI is InChI=1S/C10H13N3O/c1-11-10(8-4-6-14-7-8)9-3-5-12-13(9)2/h3-7,10-11H,1-2H3. The van der Waals surface area contributed by atoms with Crippen molar-refractivity contribution in [3.8, 4) is 0 Å². The van der Waals surface area contributed by atoms with Crippen molar-refractivity contribution in [1.82, 2.24) is 15.1 Å². The van der Waals surface area contributed by atoms with Gasteiger partial charge < -0.3 is 9.73 Å². The number of furan rings is 1. The van der Waals surface area contributed by atoms with E-state index >= 15 is 0 Å². The van der Waals surface area contributed by atoms with Gasteiger partial charge in [-0.2, -0.15) is 5.10 Å². The summed E-state index contributed by atoms with van der Waals surface area (Å²) in [5, 5.41) is 7.37. The second-order valence-corrected chi connectivity index (χ2v) is 3.16. The van der Waals surface area contributed by atoms with Gasteiger partial charge in [-0.3, -0.25) is 4.68 Å². The smallest absolute Gasteiger partial charge is 0.0954 e. The molecule has 0 saturated heterocycles. The molecule has 1 N–H and O–H groups in total. The molecule has 0 spiro atoms. The maximum atomic E-state index is 5.07.